The van der Waals surface area contributed by atoms with Crippen LogP contribution in [0.1, 0.15) is 25.0 Å². The number of carbonyl (C=O) groups excluding carboxylic acids is 1. The molecule has 0 heterocycles. The monoisotopic (exact) mass is 327 g/mol. The zero-order valence-electron chi connectivity index (χ0n) is 14.5. The fourth-order valence-electron chi connectivity index (χ4n) is 2.26. The van der Waals surface area contributed by atoms with Gasteiger partial charge in [-0.3, -0.25) is 4.79 Å². The summed E-state index contributed by atoms with van der Waals surface area (Å²) in [5.41, 5.74) is 2.32. The maximum atomic E-state index is 11.9. The maximum Gasteiger partial charge on any atom is 0.258 e. The van der Waals surface area contributed by atoms with Crippen molar-refractivity contribution in [2.24, 2.45) is 0 Å². The third-order valence-electron chi connectivity index (χ3n) is 3.69. The molecule has 0 aliphatic heterocycles. The van der Waals surface area contributed by atoms with Gasteiger partial charge in [-0.1, -0.05) is 37.3 Å². The van der Waals surface area contributed by atoms with Crippen molar-refractivity contribution in [2.45, 2.75) is 33.2 Å². The number of rotatable bonds is 8. The molecule has 0 bridgehead atoms. The van der Waals surface area contributed by atoms with Gasteiger partial charge in [-0.25, -0.2) is 0 Å². The van der Waals surface area contributed by atoms with Crippen LogP contribution in [-0.4, -0.2) is 25.2 Å². The molecule has 128 valence electrons. The van der Waals surface area contributed by atoms with Gasteiger partial charge >= 0.3 is 0 Å². The van der Waals surface area contributed by atoms with E-state index in [0.29, 0.717) is 12.4 Å². The van der Waals surface area contributed by atoms with Crippen LogP contribution < -0.4 is 14.8 Å². The second-order valence-corrected chi connectivity index (χ2v) is 5.83. The molecule has 2 aromatic carbocycles. The molecule has 0 fully saturated rings. The van der Waals surface area contributed by atoms with Crippen molar-refractivity contribution in [2.75, 3.05) is 13.2 Å². The van der Waals surface area contributed by atoms with E-state index in [4.69, 9.17) is 9.47 Å². The highest BCUT2D eigenvalue weighted by molar-refractivity contribution is 5.77. The molecular formula is C20H25NO3. The van der Waals surface area contributed by atoms with E-state index in [9.17, 15) is 4.79 Å². The lowest BCUT2D eigenvalue weighted by molar-refractivity contribution is -0.123. The number of ether oxygens (including phenoxy) is 2. The van der Waals surface area contributed by atoms with Gasteiger partial charge in [-0.15, -0.1) is 0 Å². The van der Waals surface area contributed by atoms with Crippen molar-refractivity contribution < 1.29 is 14.3 Å². The number of para-hydroxylation sites is 1. The molecule has 1 N–H and O–H groups in total. The standard InChI is InChI=1S/C20H25NO3/c1-4-17-9-11-18(12-10-17)23-14-20(22)21-16(3)13-24-19-8-6-5-7-15(19)2/h5-12,16H,4,13-14H2,1-3H3,(H,21,22). The van der Waals surface area contributed by atoms with E-state index < -0.39 is 0 Å². The van der Waals surface area contributed by atoms with Gasteiger partial charge in [0.05, 0.1) is 6.04 Å². The Labute approximate surface area is 143 Å². The Morgan fingerprint density at radius 1 is 1.08 bits per heavy atom. The molecule has 0 aliphatic rings. The van der Waals surface area contributed by atoms with Crippen molar-refractivity contribution in [1.29, 1.82) is 0 Å². The molecule has 4 heteroatoms. The highest BCUT2D eigenvalue weighted by Gasteiger charge is 2.09. The van der Waals surface area contributed by atoms with Crippen molar-refractivity contribution in [3.8, 4) is 11.5 Å². The van der Waals surface area contributed by atoms with Gasteiger partial charge < -0.3 is 14.8 Å². The van der Waals surface area contributed by atoms with Gasteiger partial charge in [0.1, 0.15) is 18.1 Å². The van der Waals surface area contributed by atoms with Crippen LogP contribution in [-0.2, 0) is 11.2 Å². The molecule has 1 amide bonds. The summed E-state index contributed by atoms with van der Waals surface area (Å²) in [4.78, 5) is 11.9. The van der Waals surface area contributed by atoms with E-state index in [1.54, 1.807) is 0 Å². The molecule has 1 unspecified atom stereocenters. The summed E-state index contributed by atoms with van der Waals surface area (Å²) < 4.78 is 11.2. The second kappa shape index (κ2) is 8.96. The van der Waals surface area contributed by atoms with Gasteiger partial charge in [-0.05, 0) is 49.6 Å². The molecule has 0 saturated heterocycles. The number of benzene rings is 2. The highest BCUT2D eigenvalue weighted by Crippen LogP contribution is 2.16. The van der Waals surface area contributed by atoms with Crippen LogP contribution in [0.25, 0.3) is 0 Å². The van der Waals surface area contributed by atoms with E-state index >= 15 is 0 Å². The third kappa shape index (κ3) is 5.61. The lowest BCUT2D eigenvalue weighted by Gasteiger charge is -2.16. The van der Waals surface area contributed by atoms with Gasteiger partial charge in [0.25, 0.3) is 5.91 Å². The van der Waals surface area contributed by atoms with Gasteiger partial charge in [0, 0.05) is 0 Å². The Hall–Kier alpha value is -2.49. The van der Waals surface area contributed by atoms with Crippen LogP contribution in [0.4, 0.5) is 0 Å². The quantitative estimate of drug-likeness (QED) is 0.807. The maximum absolute atomic E-state index is 11.9. The summed E-state index contributed by atoms with van der Waals surface area (Å²) in [5, 5.41) is 2.87. The Bertz CT molecular complexity index is 652. The van der Waals surface area contributed by atoms with Crippen LogP contribution in [0.3, 0.4) is 0 Å². The van der Waals surface area contributed by atoms with Crippen molar-refractivity contribution in [3.05, 3.63) is 59.7 Å². The Morgan fingerprint density at radius 2 is 1.79 bits per heavy atom. The minimum absolute atomic E-state index is 0.000175. The topological polar surface area (TPSA) is 47.6 Å². The zero-order chi connectivity index (χ0) is 17.4. The summed E-state index contributed by atoms with van der Waals surface area (Å²) in [6.45, 7) is 6.42. The van der Waals surface area contributed by atoms with Crippen molar-refractivity contribution in [3.63, 3.8) is 0 Å². The average Bonchev–Trinajstić information content (AvgIpc) is 2.59. The van der Waals surface area contributed by atoms with E-state index in [2.05, 4.69) is 12.2 Å². The second-order valence-electron chi connectivity index (χ2n) is 5.83. The Balaban J connectivity index is 1.72. The molecule has 2 rings (SSSR count). The molecule has 0 aliphatic carbocycles. The first-order valence-electron chi connectivity index (χ1n) is 8.28. The predicted octanol–water partition coefficient (Wildman–Crippen LogP) is 3.52. The first kappa shape index (κ1) is 17.9. The molecule has 24 heavy (non-hydrogen) atoms. The van der Waals surface area contributed by atoms with Crippen LogP contribution >= 0.6 is 0 Å². The van der Waals surface area contributed by atoms with E-state index in [1.807, 2.05) is 62.4 Å². The number of hydrogen-bond acceptors (Lipinski definition) is 3. The van der Waals surface area contributed by atoms with Crippen LogP contribution in [0.2, 0.25) is 0 Å². The fraction of sp³-hybridized carbons (Fsp3) is 0.350. The molecule has 0 spiro atoms. The number of aryl methyl sites for hydroxylation is 2. The summed E-state index contributed by atoms with van der Waals surface area (Å²) in [5.74, 6) is 1.38. The molecular weight excluding hydrogens is 302 g/mol. The molecule has 0 radical (unpaired) electrons. The molecule has 0 aromatic heterocycles. The first-order chi connectivity index (χ1) is 11.6. The minimum Gasteiger partial charge on any atom is -0.491 e. The summed E-state index contributed by atoms with van der Waals surface area (Å²) in [7, 11) is 0. The summed E-state index contributed by atoms with van der Waals surface area (Å²) in [6, 6.07) is 15.5. The average molecular weight is 327 g/mol. The van der Waals surface area contributed by atoms with Gasteiger partial charge in [-0.2, -0.15) is 0 Å². The number of carbonyl (C=O) groups is 1. The predicted molar refractivity (Wildman–Crippen MR) is 95.6 cm³/mol. The van der Waals surface area contributed by atoms with Gasteiger partial charge in [0.2, 0.25) is 0 Å². The Kier molecular flexibility index (Phi) is 6.67. The van der Waals surface area contributed by atoms with Crippen LogP contribution in [0.5, 0.6) is 11.5 Å². The number of hydrogen-bond donors (Lipinski definition) is 1. The third-order valence-corrected chi connectivity index (χ3v) is 3.69. The van der Waals surface area contributed by atoms with Crippen LogP contribution in [0, 0.1) is 6.92 Å². The van der Waals surface area contributed by atoms with E-state index in [0.717, 1.165) is 17.7 Å². The van der Waals surface area contributed by atoms with E-state index in [-0.39, 0.29) is 18.6 Å². The van der Waals surface area contributed by atoms with E-state index in [1.165, 1.54) is 5.56 Å². The van der Waals surface area contributed by atoms with Crippen LogP contribution in [0.15, 0.2) is 48.5 Å². The lowest BCUT2D eigenvalue weighted by atomic mass is 10.2. The number of nitrogens with one attached hydrogen (secondary N) is 1. The highest BCUT2D eigenvalue weighted by atomic mass is 16.5. The van der Waals surface area contributed by atoms with Crippen molar-refractivity contribution in [1.82, 2.24) is 5.32 Å². The normalized spacial score (nSPS) is 11.6. The summed E-state index contributed by atoms with van der Waals surface area (Å²) in [6.07, 6.45) is 0.985. The summed E-state index contributed by atoms with van der Waals surface area (Å²) >= 11 is 0. The largest absolute Gasteiger partial charge is 0.491 e. The fourth-order valence-corrected chi connectivity index (χ4v) is 2.26. The molecule has 4 nitrogen and oxygen atoms in total. The number of amides is 1. The van der Waals surface area contributed by atoms with Gasteiger partial charge in [0.15, 0.2) is 6.61 Å². The molecule has 0 saturated carbocycles. The lowest BCUT2D eigenvalue weighted by Crippen LogP contribution is -2.39. The SMILES string of the molecule is CCc1ccc(OCC(=O)NC(C)COc2ccccc2C)cc1. The first-order valence-corrected chi connectivity index (χ1v) is 8.28. The molecule has 2 aromatic rings. The smallest absolute Gasteiger partial charge is 0.258 e. The Morgan fingerprint density at radius 3 is 2.46 bits per heavy atom. The molecule has 1 atom stereocenters. The zero-order valence-corrected chi connectivity index (χ0v) is 14.5. The minimum atomic E-state index is -0.157. The van der Waals surface area contributed by atoms with Crippen molar-refractivity contribution >= 4 is 5.91 Å².